The highest BCUT2D eigenvalue weighted by atomic mass is 35.5. The van der Waals surface area contributed by atoms with Gasteiger partial charge in [0.15, 0.2) is 0 Å². The van der Waals surface area contributed by atoms with Crippen LogP contribution in [0.5, 0.6) is 23.0 Å². The predicted octanol–water partition coefficient (Wildman–Crippen LogP) is 6.06. The minimum absolute atomic E-state index is 0.263. The molecule has 3 aromatic rings. The number of phenols is 2. The van der Waals surface area contributed by atoms with Gasteiger partial charge < -0.3 is 14.9 Å². The van der Waals surface area contributed by atoms with Crippen LogP contribution in [0.2, 0.25) is 5.02 Å². The molecule has 0 saturated heterocycles. The molecule has 4 heteroatoms. The van der Waals surface area contributed by atoms with Crippen LogP contribution in [0.3, 0.4) is 0 Å². The number of hydrogen-bond donors (Lipinski definition) is 2. The third-order valence-electron chi connectivity index (χ3n) is 5.61. The van der Waals surface area contributed by atoms with Gasteiger partial charge in [-0.05, 0) is 61.4 Å². The molecule has 25 heavy (non-hydrogen) atoms. The van der Waals surface area contributed by atoms with Gasteiger partial charge in [-0.3, -0.25) is 0 Å². The summed E-state index contributed by atoms with van der Waals surface area (Å²) in [6, 6.07) is 12.6. The summed E-state index contributed by atoms with van der Waals surface area (Å²) >= 11 is 5.93. The SMILES string of the molecule is Oc1c2c(c(O)c3c(Oc4ccc(Cl)cc4)cccc13)C1CCC2C1. The van der Waals surface area contributed by atoms with Crippen LogP contribution in [-0.2, 0) is 0 Å². The molecule has 0 aromatic heterocycles. The second-order valence-corrected chi connectivity index (χ2v) is 7.40. The van der Waals surface area contributed by atoms with Gasteiger partial charge in [0.05, 0.1) is 5.39 Å². The zero-order valence-corrected chi connectivity index (χ0v) is 14.3. The fourth-order valence-electron chi connectivity index (χ4n) is 4.55. The number of aromatic hydroxyl groups is 2. The third kappa shape index (κ3) is 2.12. The first-order valence-corrected chi connectivity index (χ1v) is 8.95. The summed E-state index contributed by atoms with van der Waals surface area (Å²) in [5, 5.41) is 23.7. The fraction of sp³-hybridized carbons (Fsp3) is 0.238. The van der Waals surface area contributed by atoms with E-state index < -0.39 is 0 Å². The molecule has 2 N–H and O–H groups in total. The quantitative estimate of drug-likeness (QED) is 0.551. The molecule has 2 aliphatic carbocycles. The molecule has 126 valence electrons. The molecule has 1 saturated carbocycles. The summed E-state index contributed by atoms with van der Waals surface area (Å²) in [6.07, 6.45) is 3.20. The second kappa shape index (κ2) is 5.30. The summed E-state index contributed by atoms with van der Waals surface area (Å²) in [5.74, 6) is 2.46. The average Bonchev–Trinajstić information content (AvgIpc) is 3.23. The maximum atomic E-state index is 11.0. The summed E-state index contributed by atoms with van der Waals surface area (Å²) in [6.45, 7) is 0. The molecule has 1 fully saturated rings. The van der Waals surface area contributed by atoms with Crippen LogP contribution < -0.4 is 4.74 Å². The maximum Gasteiger partial charge on any atom is 0.139 e. The van der Waals surface area contributed by atoms with Gasteiger partial charge in [-0.25, -0.2) is 0 Å². The van der Waals surface area contributed by atoms with E-state index in [0.29, 0.717) is 44.9 Å². The van der Waals surface area contributed by atoms with Crippen molar-refractivity contribution >= 4 is 22.4 Å². The zero-order chi connectivity index (χ0) is 17.1. The molecule has 0 spiro atoms. The van der Waals surface area contributed by atoms with E-state index in [1.54, 1.807) is 24.3 Å². The predicted molar refractivity (Wildman–Crippen MR) is 98.1 cm³/mol. The van der Waals surface area contributed by atoms with Crippen molar-refractivity contribution in [3.05, 3.63) is 58.6 Å². The maximum absolute atomic E-state index is 11.0. The molecule has 2 bridgehead atoms. The van der Waals surface area contributed by atoms with Crippen LogP contribution in [-0.4, -0.2) is 10.2 Å². The van der Waals surface area contributed by atoms with Gasteiger partial charge in [-0.15, -0.1) is 0 Å². The van der Waals surface area contributed by atoms with Crippen molar-refractivity contribution in [2.24, 2.45) is 0 Å². The number of fused-ring (bicyclic) bond motifs is 6. The Bertz CT molecular complexity index is 994. The topological polar surface area (TPSA) is 49.7 Å². The van der Waals surface area contributed by atoms with Gasteiger partial charge in [-0.2, -0.15) is 0 Å². The number of hydrogen-bond acceptors (Lipinski definition) is 3. The van der Waals surface area contributed by atoms with Crippen molar-refractivity contribution in [3.8, 4) is 23.0 Å². The highest BCUT2D eigenvalue weighted by Crippen LogP contribution is 2.61. The van der Waals surface area contributed by atoms with Crippen LogP contribution in [0.4, 0.5) is 0 Å². The van der Waals surface area contributed by atoms with E-state index in [1.807, 2.05) is 18.2 Å². The molecule has 2 unspecified atom stereocenters. The first-order chi connectivity index (χ1) is 12.1. The molecule has 3 nitrogen and oxygen atoms in total. The van der Waals surface area contributed by atoms with Gasteiger partial charge in [0.1, 0.15) is 23.0 Å². The normalized spacial score (nSPS) is 20.8. The number of rotatable bonds is 2. The van der Waals surface area contributed by atoms with Gasteiger partial charge in [0.2, 0.25) is 0 Å². The summed E-state index contributed by atoms with van der Waals surface area (Å²) in [4.78, 5) is 0. The van der Waals surface area contributed by atoms with Gasteiger partial charge in [-0.1, -0.05) is 23.7 Å². The van der Waals surface area contributed by atoms with Crippen LogP contribution in [0.25, 0.3) is 10.8 Å². The lowest BCUT2D eigenvalue weighted by atomic mass is 9.87. The van der Waals surface area contributed by atoms with Crippen LogP contribution >= 0.6 is 11.6 Å². The van der Waals surface area contributed by atoms with Crippen molar-refractivity contribution in [1.29, 1.82) is 0 Å². The minimum Gasteiger partial charge on any atom is -0.507 e. The molecular formula is C21H17ClO3. The smallest absolute Gasteiger partial charge is 0.139 e. The van der Waals surface area contributed by atoms with Crippen molar-refractivity contribution in [2.75, 3.05) is 0 Å². The molecule has 0 amide bonds. The molecule has 0 radical (unpaired) electrons. The van der Waals surface area contributed by atoms with E-state index in [4.69, 9.17) is 16.3 Å². The van der Waals surface area contributed by atoms with Gasteiger partial charge in [0.25, 0.3) is 0 Å². The van der Waals surface area contributed by atoms with E-state index in [0.717, 1.165) is 30.4 Å². The molecule has 5 rings (SSSR count). The van der Waals surface area contributed by atoms with Gasteiger partial charge >= 0.3 is 0 Å². The lowest BCUT2D eigenvalue weighted by Crippen LogP contribution is -2.00. The first-order valence-electron chi connectivity index (χ1n) is 8.57. The Hall–Kier alpha value is -2.39. The van der Waals surface area contributed by atoms with Crippen LogP contribution in [0.1, 0.15) is 42.2 Å². The summed E-state index contributed by atoms with van der Waals surface area (Å²) < 4.78 is 5.99. The fourth-order valence-corrected chi connectivity index (χ4v) is 4.68. The van der Waals surface area contributed by atoms with E-state index in [1.165, 1.54) is 0 Å². The Balaban J connectivity index is 1.72. The first kappa shape index (κ1) is 14.9. The largest absolute Gasteiger partial charge is 0.507 e. The van der Waals surface area contributed by atoms with E-state index in [9.17, 15) is 10.2 Å². The number of phenolic OH excluding ortho intramolecular Hbond substituents is 2. The Morgan fingerprint density at radius 3 is 2.28 bits per heavy atom. The molecule has 0 aliphatic heterocycles. The molecule has 2 atom stereocenters. The monoisotopic (exact) mass is 352 g/mol. The Morgan fingerprint density at radius 2 is 1.56 bits per heavy atom. The zero-order valence-electron chi connectivity index (χ0n) is 13.5. The number of halogens is 1. The number of ether oxygens (including phenoxy) is 1. The van der Waals surface area contributed by atoms with E-state index in [-0.39, 0.29) is 5.75 Å². The molecular weight excluding hydrogens is 336 g/mol. The Morgan fingerprint density at radius 1 is 0.880 bits per heavy atom. The molecule has 2 aliphatic rings. The van der Waals surface area contributed by atoms with Crippen molar-refractivity contribution in [2.45, 2.75) is 31.1 Å². The summed E-state index contributed by atoms with van der Waals surface area (Å²) in [7, 11) is 0. The van der Waals surface area contributed by atoms with Crippen LogP contribution in [0.15, 0.2) is 42.5 Å². The van der Waals surface area contributed by atoms with Crippen molar-refractivity contribution in [3.63, 3.8) is 0 Å². The highest BCUT2D eigenvalue weighted by Gasteiger charge is 2.42. The molecule has 3 aromatic carbocycles. The molecule has 0 heterocycles. The second-order valence-electron chi connectivity index (χ2n) is 6.97. The lowest BCUT2D eigenvalue weighted by Gasteiger charge is -2.21. The third-order valence-corrected chi connectivity index (χ3v) is 5.86. The van der Waals surface area contributed by atoms with Gasteiger partial charge in [0, 0.05) is 21.5 Å². The van der Waals surface area contributed by atoms with Crippen molar-refractivity contribution in [1.82, 2.24) is 0 Å². The van der Waals surface area contributed by atoms with Crippen molar-refractivity contribution < 1.29 is 14.9 Å². The standard InChI is InChI=1S/C21H17ClO3/c22-13-6-8-14(9-7-13)25-16-3-1-2-15-19(16)21(24)18-12-5-4-11(10-12)17(18)20(15)23/h1-3,6-9,11-12,23-24H,4-5,10H2. The minimum atomic E-state index is 0.263. The Kier molecular flexibility index (Phi) is 3.16. The van der Waals surface area contributed by atoms with E-state index in [2.05, 4.69) is 0 Å². The average molecular weight is 353 g/mol. The van der Waals surface area contributed by atoms with Crippen LogP contribution in [0, 0.1) is 0 Å². The highest BCUT2D eigenvalue weighted by molar-refractivity contribution is 6.30. The summed E-state index contributed by atoms with van der Waals surface area (Å²) in [5.41, 5.74) is 1.87. The Labute approximate surface area is 150 Å². The lowest BCUT2D eigenvalue weighted by molar-refractivity contribution is 0.446. The van der Waals surface area contributed by atoms with E-state index >= 15 is 0 Å². The number of benzene rings is 3.